The Morgan fingerprint density at radius 1 is 1.33 bits per heavy atom. The van der Waals surface area contributed by atoms with Gasteiger partial charge in [-0.25, -0.2) is 0 Å². The molecule has 1 N–H and O–H groups in total. The summed E-state index contributed by atoms with van der Waals surface area (Å²) in [6.07, 6.45) is 7.13. The van der Waals surface area contributed by atoms with Crippen molar-refractivity contribution in [3.05, 3.63) is 23.8 Å². The number of aliphatic hydroxyl groups excluding tert-OH is 1. The molecule has 0 aromatic carbocycles. The van der Waals surface area contributed by atoms with Gasteiger partial charge in [-0.3, -0.25) is 0 Å². The molecule has 0 aromatic heterocycles. The van der Waals surface area contributed by atoms with E-state index in [-0.39, 0.29) is 12.0 Å². The highest BCUT2D eigenvalue weighted by atomic mass is 16.2. The van der Waals surface area contributed by atoms with Crippen LogP contribution in [0.2, 0.25) is 0 Å². The second-order valence-corrected chi connectivity index (χ2v) is 4.21. The monoisotopic (exact) mass is 168 g/mol. The molecule has 0 atom stereocenters. The van der Waals surface area contributed by atoms with Gasteiger partial charge < -0.3 is 5.11 Å². The number of rotatable bonds is 3. The van der Waals surface area contributed by atoms with Crippen LogP contribution in [0.3, 0.4) is 0 Å². The number of hydrogen-bond donors (Lipinski definition) is 1. The molecule has 0 amide bonds. The second-order valence-electron chi connectivity index (χ2n) is 4.21. The highest BCUT2D eigenvalue weighted by Gasteiger charge is 2.02. The summed E-state index contributed by atoms with van der Waals surface area (Å²) in [5, 5.41) is 8.60. The molecule has 0 aliphatic heterocycles. The van der Waals surface area contributed by atoms with Crippen LogP contribution >= 0.6 is 0 Å². The van der Waals surface area contributed by atoms with E-state index in [4.69, 9.17) is 5.11 Å². The zero-order valence-corrected chi connectivity index (χ0v) is 8.59. The van der Waals surface area contributed by atoms with E-state index in [2.05, 4.69) is 32.9 Å². The normalized spacial score (nSPS) is 14.2. The first kappa shape index (κ1) is 11.4. The number of hydrogen-bond acceptors (Lipinski definition) is 1. The lowest BCUT2D eigenvalue weighted by Crippen LogP contribution is -1.98. The first-order valence-electron chi connectivity index (χ1n) is 4.40. The summed E-state index contributed by atoms with van der Waals surface area (Å²) >= 11 is 0. The van der Waals surface area contributed by atoms with Crippen molar-refractivity contribution in [3.63, 3.8) is 0 Å². The van der Waals surface area contributed by atoms with Gasteiger partial charge in [-0.15, -0.1) is 0 Å². The van der Waals surface area contributed by atoms with E-state index < -0.39 is 0 Å². The van der Waals surface area contributed by atoms with Crippen molar-refractivity contribution in [2.45, 2.75) is 34.1 Å². The van der Waals surface area contributed by atoms with E-state index in [0.29, 0.717) is 0 Å². The van der Waals surface area contributed by atoms with E-state index in [1.165, 1.54) is 5.57 Å². The maximum atomic E-state index is 8.60. The van der Waals surface area contributed by atoms with Crippen molar-refractivity contribution < 1.29 is 5.11 Å². The van der Waals surface area contributed by atoms with E-state index in [0.717, 1.165) is 6.42 Å². The van der Waals surface area contributed by atoms with Gasteiger partial charge in [0.25, 0.3) is 0 Å². The SMILES string of the molecule is C/C(=C/CO)C/C=C/C(C)(C)C. The van der Waals surface area contributed by atoms with Crippen LogP contribution in [0.4, 0.5) is 0 Å². The van der Waals surface area contributed by atoms with Crippen LogP contribution in [-0.4, -0.2) is 11.7 Å². The maximum Gasteiger partial charge on any atom is 0.0615 e. The maximum absolute atomic E-state index is 8.60. The Morgan fingerprint density at radius 3 is 2.33 bits per heavy atom. The van der Waals surface area contributed by atoms with E-state index >= 15 is 0 Å². The molecule has 0 rings (SSSR count). The molecular weight excluding hydrogens is 148 g/mol. The van der Waals surface area contributed by atoms with Crippen molar-refractivity contribution in [2.24, 2.45) is 5.41 Å². The summed E-state index contributed by atoms with van der Waals surface area (Å²) in [6.45, 7) is 8.70. The van der Waals surface area contributed by atoms with E-state index in [9.17, 15) is 0 Å². The smallest absolute Gasteiger partial charge is 0.0615 e. The van der Waals surface area contributed by atoms with Crippen molar-refractivity contribution in [1.82, 2.24) is 0 Å². The van der Waals surface area contributed by atoms with Gasteiger partial charge in [-0.1, -0.05) is 44.6 Å². The first-order valence-corrected chi connectivity index (χ1v) is 4.40. The van der Waals surface area contributed by atoms with Gasteiger partial charge in [0, 0.05) is 0 Å². The highest BCUT2D eigenvalue weighted by Crippen LogP contribution is 2.15. The summed E-state index contributed by atoms with van der Waals surface area (Å²) in [6, 6.07) is 0. The summed E-state index contributed by atoms with van der Waals surface area (Å²) in [4.78, 5) is 0. The van der Waals surface area contributed by atoms with Gasteiger partial charge in [0.1, 0.15) is 0 Å². The fraction of sp³-hybridized carbons (Fsp3) is 0.636. The molecule has 0 saturated carbocycles. The first-order chi connectivity index (χ1) is 5.45. The molecule has 1 nitrogen and oxygen atoms in total. The molecule has 0 aliphatic carbocycles. The quantitative estimate of drug-likeness (QED) is 0.642. The van der Waals surface area contributed by atoms with Crippen LogP contribution in [-0.2, 0) is 0 Å². The standard InChI is InChI=1S/C11H20O/c1-10(7-9-12)6-5-8-11(2,3)4/h5,7-8,12H,6,9H2,1-4H3/b8-5+,10-7-. The number of aliphatic hydroxyl groups is 1. The zero-order valence-electron chi connectivity index (χ0n) is 8.59. The van der Waals surface area contributed by atoms with E-state index in [1.54, 1.807) is 0 Å². The predicted octanol–water partition coefficient (Wildman–Crippen LogP) is 2.92. The van der Waals surface area contributed by atoms with Crippen molar-refractivity contribution >= 4 is 0 Å². The van der Waals surface area contributed by atoms with Crippen LogP contribution < -0.4 is 0 Å². The summed E-state index contributed by atoms with van der Waals surface area (Å²) in [5.74, 6) is 0. The van der Waals surface area contributed by atoms with Crippen molar-refractivity contribution in [1.29, 1.82) is 0 Å². The molecule has 70 valence electrons. The highest BCUT2D eigenvalue weighted by molar-refractivity contribution is 5.06. The minimum absolute atomic E-state index is 0.148. The Morgan fingerprint density at radius 2 is 1.92 bits per heavy atom. The lowest BCUT2D eigenvalue weighted by atomic mass is 9.95. The zero-order chi connectivity index (χ0) is 9.61. The average Bonchev–Trinajstić information content (AvgIpc) is 1.84. The van der Waals surface area contributed by atoms with Crippen LogP contribution in [0, 0.1) is 5.41 Å². The predicted molar refractivity (Wildman–Crippen MR) is 54.1 cm³/mol. The Hall–Kier alpha value is -0.560. The molecule has 0 bridgehead atoms. The van der Waals surface area contributed by atoms with Gasteiger partial charge in [0.2, 0.25) is 0 Å². The third-order valence-corrected chi connectivity index (χ3v) is 1.50. The van der Waals surface area contributed by atoms with Crippen LogP contribution in [0.1, 0.15) is 34.1 Å². The average molecular weight is 168 g/mol. The molecule has 0 saturated heterocycles. The number of allylic oxidation sites excluding steroid dienone is 3. The minimum atomic E-state index is 0.148. The van der Waals surface area contributed by atoms with Gasteiger partial charge in [-0.2, -0.15) is 0 Å². The molecule has 0 unspecified atom stereocenters. The third kappa shape index (κ3) is 7.55. The molecule has 0 aliphatic rings. The van der Waals surface area contributed by atoms with Crippen molar-refractivity contribution in [3.8, 4) is 0 Å². The molecule has 1 heteroatoms. The van der Waals surface area contributed by atoms with Gasteiger partial charge in [-0.05, 0) is 18.8 Å². The van der Waals surface area contributed by atoms with Gasteiger partial charge in [0.15, 0.2) is 0 Å². The summed E-state index contributed by atoms with van der Waals surface area (Å²) in [5.41, 5.74) is 1.48. The largest absolute Gasteiger partial charge is 0.392 e. The fourth-order valence-electron chi connectivity index (χ4n) is 0.838. The molecule has 0 radical (unpaired) electrons. The third-order valence-electron chi connectivity index (χ3n) is 1.50. The lowest BCUT2D eigenvalue weighted by Gasteiger charge is -2.10. The van der Waals surface area contributed by atoms with Gasteiger partial charge >= 0.3 is 0 Å². The van der Waals surface area contributed by atoms with Gasteiger partial charge in [0.05, 0.1) is 6.61 Å². The Kier molecular flexibility index (Phi) is 4.91. The lowest BCUT2D eigenvalue weighted by molar-refractivity contribution is 0.341. The Bertz CT molecular complexity index is 170. The Balaban J connectivity index is 3.83. The summed E-state index contributed by atoms with van der Waals surface area (Å²) in [7, 11) is 0. The molecular formula is C11H20O. The molecule has 12 heavy (non-hydrogen) atoms. The van der Waals surface area contributed by atoms with Crippen LogP contribution in [0.5, 0.6) is 0 Å². The summed E-state index contributed by atoms with van der Waals surface area (Å²) < 4.78 is 0. The van der Waals surface area contributed by atoms with Crippen molar-refractivity contribution in [2.75, 3.05) is 6.61 Å². The van der Waals surface area contributed by atoms with Crippen LogP contribution in [0.25, 0.3) is 0 Å². The topological polar surface area (TPSA) is 20.2 Å². The Labute approximate surface area is 75.8 Å². The molecule has 0 spiro atoms. The fourth-order valence-corrected chi connectivity index (χ4v) is 0.838. The van der Waals surface area contributed by atoms with Crippen LogP contribution in [0.15, 0.2) is 23.8 Å². The minimum Gasteiger partial charge on any atom is -0.392 e. The molecule has 0 aromatic rings. The second kappa shape index (κ2) is 5.15. The molecule has 0 fully saturated rings. The molecule has 0 heterocycles. The van der Waals surface area contributed by atoms with E-state index in [1.807, 2.05) is 13.0 Å².